The van der Waals surface area contributed by atoms with Crippen LogP contribution in [0.1, 0.15) is 61.8 Å². The molecule has 2 aromatic rings. The average molecular weight is 452 g/mol. The number of amides is 1. The van der Waals surface area contributed by atoms with Gasteiger partial charge in [0.05, 0.1) is 24.5 Å². The van der Waals surface area contributed by atoms with Crippen molar-refractivity contribution < 1.29 is 4.79 Å². The molecule has 1 atom stereocenters. The lowest BCUT2D eigenvalue weighted by Gasteiger charge is -2.44. The molecular weight excluding hydrogens is 422 g/mol. The van der Waals surface area contributed by atoms with E-state index in [-0.39, 0.29) is 11.9 Å². The maximum Gasteiger partial charge on any atom is 0.248 e. The monoisotopic (exact) mass is 451 g/mol. The van der Waals surface area contributed by atoms with Gasteiger partial charge in [0.15, 0.2) is 11.3 Å². The lowest BCUT2D eigenvalue weighted by atomic mass is 9.87. The van der Waals surface area contributed by atoms with E-state index in [2.05, 4.69) is 27.1 Å². The Bertz CT molecular complexity index is 1050. The van der Waals surface area contributed by atoms with E-state index in [1.54, 1.807) is 16.2 Å². The summed E-state index contributed by atoms with van der Waals surface area (Å²) >= 11 is 1.71. The van der Waals surface area contributed by atoms with Gasteiger partial charge in [0.2, 0.25) is 5.91 Å². The molecule has 1 amide bonds. The summed E-state index contributed by atoms with van der Waals surface area (Å²) in [5.41, 5.74) is 2.11. The highest BCUT2D eigenvalue weighted by molar-refractivity contribution is 7.16. The third kappa shape index (κ3) is 3.59. The minimum atomic E-state index is -0.250. The first kappa shape index (κ1) is 20.2. The molecule has 8 nitrogen and oxygen atoms in total. The van der Waals surface area contributed by atoms with Crippen LogP contribution in [0.25, 0.3) is 11.3 Å². The number of hydrogen-bond donors (Lipinski definition) is 0. The van der Waals surface area contributed by atoms with Crippen LogP contribution in [0.4, 0.5) is 5.13 Å². The zero-order chi connectivity index (χ0) is 21.7. The van der Waals surface area contributed by atoms with Crippen molar-refractivity contribution in [2.75, 3.05) is 37.6 Å². The van der Waals surface area contributed by atoms with E-state index in [9.17, 15) is 10.1 Å². The smallest absolute Gasteiger partial charge is 0.248 e. The molecule has 4 fully saturated rings. The molecule has 2 aliphatic carbocycles. The molecule has 32 heavy (non-hydrogen) atoms. The summed E-state index contributed by atoms with van der Waals surface area (Å²) in [6, 6.07) is 0.296. The van der Waals surface area contributed by atoms with Gasteiger partial charge in [0.1, 0.15) is 6.04 Å². The quantitative estimate of drug-likeness (QED) is 0.664. The SMILES string of the molecule is N#CN1CCN2CCN(c3nc(-c4cnn(C5CC5)c4)c(C4CCCCC4)s3)C(=O)[C@H]2C1. The Labute approximate surface area is 192 Å². The van der Waals surface area contributed by atoms with Crippen LogP contribution in [-0.4, -0.2) is 69.2 Å². The van der Waals surface area contributed by atoms with Gasteiger partial charge in [-0.15, -0.1) is 11.3 Å². The molecule has 0 N–H and O–H groups in total. The summed E-state index contributed by atoms with van der Waals surface area (Å²) in [5, 5.41) is 14.7. The first-order valence-corrected chi connectivity index (χ1v) is 12.8. The molecule has 4 aliphatic rings. The van der Waals surface area contributed by atoms with E-state index in [4.69, 9.17) is 4.98 Å². The highest BCUT2D eigenvalue weighted by Crippen LogP contribution is 2.44. The largest absolute Gasteiger partial charge is 0.307 e. The number of fused-ring (bicyclic) bond motifs is 1. The standard InChI is InChI=1S/C23H29N7OS/c24-15-27-8-9-28-10-11-29(22(31)19(28)14-27)23-26-20(17-12-25-30(13-17)18-6-7-18)21(32-23)16-4-2-1-3-5-16/h12-13,16,18-19H,1-11,14H2/t19-/m1/s1. The zero-order valence-electron chi connectivity index (χ0n) is 18.3. The Hall–Kier alpha value is -2.44. The number of hydrogen-bond acceptors (Lipinski definition) is 7. The maximum atomic E-state index is 13.5. The lowest BCUT2D eigenvalue weighted by Crippen LogP contribution is -2.64. The molecule has 2 aliphatic heterocycles. The van der Waals surface area contributed by atoms with Crippen molar-refractivity contribution in [3.8, 4) is 17.5 Å². The number of anilines is 1. The number of carbonyl (C=O) groups excluding carboxylic acids is 1. The Morgan fingerprint density at radius 1 is 1.06 bits per heavy atom. The van der Waals surface area contributed by atoms with Gasteiger partial charge in [0.25, 0.3) is 0 Å². The second kappa shape index (κ2) is 8.16. The fourth-order valence-corrected chi connectivity index (χ4v) is 6.69. The second-order valence-corrected chi connectivity index (χ2v) is 10.6. The van der Waals surface area contributed by atoms with Gasteiger partial charge in [-0.1, -0.05) is 19.3 Å². The van der Waals surface area contributed by atoms with E-state index in [1.165, 1.54) is 49.8 Å². The van der Waals surface area contributed by atoms with E-state index < -0.39 is 0 Å². The number of thiazole rings is 1. The van der Waals surface area contributed by atoms with Crippen LogP contribution in [-0.2, 0) is 4.79 Å². The highest BCUT2D eigenvalue weighted by atomic mass is 32.1. The molecule has 4 heterocycles. The van der Waals surface area contributed by atoms with Gasteiger partial charge in [-0.2, -0.15) is 10.4 Å². The summed E-state index contributed by atoms with van der Waals surface area (Å²) < 4.78 is 2.08. The molecule has 0 bridgehead atoms. The van der Waals surface area contributed by atoms with Gasteiger partial charge >= 0.3 is 0 Å². The molecule has 168 valence electrons. The number of rotatable bonds is 4. The summed E-state index contributed by atoms with van der Waals surface area (Å²) in [5.74, 6) is 0.606. The van der Waals surface area contributed by atoms with Crippen LogP contribution in [0.3, 0.4) is 0 Å². The van der Waals surface area contributed by atoms with Gasteiger partial charge < -0.3 is 4.90 Å². The number of piperazine rings is 2. The third-order valence-electron chi connectivity index (χ3n) is 7.44. The van der Waals surface area contributed by atoms with Crippen molar-refractivity contribution in [3.05, 3.63) is 17.3 Å². The Kier molecular flexibility index (Phi) is 5.15. The Morgan fingerprint density at radius 3 is 2.66 bits per heavy atom. The van der Waals surface area contributed by atoms with Crippen LogP contribution in [0.5, 0.6) is 0 Å². The Balaban J connectivity index is 1.33. The minimum Gasteiger partial charge on any atom is -0.307 e. The zero-order valence-corrected chi connectivity index (χ0v) is 19.1. The maximum absolute atomic E-state index is 13.5. The summed E-state index contributed by atoms with van der Waals surface area (Å²) in [6.07, 6.45) is 15.0. The topological polar surface area (TPSA) is 81.3 Å². The van der Waals surface area contributed by atoms with Crippen LogP contribution in [0.2, 0.25) is 0 Å². The van der Waals surface area contributed by atoms with Crippen molar-refractivity contribution in [2.24, 2.45) is 0 Å². The molecule has 9 heteroatoms. The van der Waals surface area contributed by atoms with E-state index in [0.29, 0.717) is 31.6 Å². The van der Waals surface area contributed by atoms with E-state index in [1.807, 2.05) is 11.1 Å². The second-order valence-electron chi connectivity index (χ2n) is 9.57. The average Bonchev–Trinajstić information content (AvgIpc) is 3.40. The number of carbonyl (C=O) groups is 1. The van der Waals surface area contributed by atoms with Crippen LogP contribution in [0.15, 0.2) is 12.4 Å². The fourth-order valence-electron chi connectivity index (χ4n) is 5.40. The van der Waals surface area contributed by atoms with Crippen molar-refractivity contribution in [1.29, 1.82) is 5.26 Å². The normalized spacial score (nSPS) is 25.1. The van der Waals surface area contributed by atoms with Crippen LogP contribution < -0.4 is 4.90 Å². The molecule has 2 aromatic heterocycles. The summed E-state index contributed by atoms with van der Waals surface area (Å²) in [4.78, 5) is 25.7. The third-order valence-corrected chi connectivity index (χ3v) is 8.68. The predicted octanol–water partition coefficient (Wildman–Crippen LogP) is 3.20. The summed E-state index contributed by atoms with van der Waals surface area (Å²) in [7, 11) is 0. The van der Waals surface area contributed by atoms with Gasteiger partial charge in [0, 0.05) is 42.8 Å². The van der Waals surface area contributed by atoms with Crippen molar-refractivity contribution in [2.45, 2.75) is 62.9 Å². The first-order valence-electron chi connectivity index (χ1n) is 12.0. The first-order chi connectivity index (χ1) is 15.7. The molecule has 0 radical (unpaired) electrons. The molecule has 0 unspecified atom stereocenters. The van der Waals surface area contributed by atoms with Crippen molar-refractivity contribution >= 4 is 22.4 Å². The molecule has 6 rings (SSSR count). The predicted molar refractivity (Wildman–Crippen MR) is 122 cm³/mol. The van der Waals surface area contributed by atoms with Gasteiger partial charge in [-0.3, -0.25) is 19.3 Å². The Morgan fingerprint density at radius 2 is 1.88 bits per heavy atom. The minimum absolute atomic E-state index is 0.0837. The molecule has 2 saturated carbocycles. The number of aromatic nitrogens is 3. The number of nitrogens with zero attached hydrogens (tertiary/aromatic N) is 7. The van der Waals surface area contributed by atoms with Gasteiger partial charge in [-0.25, -0.2) is 4.98 Å². The van der Waals surface area contributed by atoms with Crippen molar-refractivity contribution in [1.82, 2.24) is 24.6 Å². The highest BCUT2D eigenvalue weighted by Gasteiger charge is 2.40. The van der Waals surface area contributed by atoms with Crippen LogP contribution >= 0.6 is 11.3 Å². The molecule has 0 spiro atoms. The fraction of sp³-hybridized carbons (Fsp3) is 0.652. The molecular formula is C23H29N7OS. The van der Waals surface area contributed by atoms with Gasteiger partial charge in [-0.05, 0) is 31.6 Å². The van der Waals surface area contributed by atoms with E-state index in [0.717, 1.165) is 29.5 Å². The van der Waals surface area contributed by atoms with Crippen molar-refractivity contribution in [3.63, 3.8) is 0 Å². The lowest BCUT2D eigenvalue weighted by molar-refractivity contribution is -0.127. The summed E-state index contributed by atoms with van der Waals surface area (Å²) in [6.45, 7) is 3.46. The molecule has 0 aromatic carbocycles. The van der Waals surface area contributed by atoms with Crippen LogP contribution in [0, 0.1) is 11.5 Å². The number of nitriles is 1. The molecule has 2 saturated heterocycles. The van der Waals surface area contributed by atoms with E-state index >= 15 is 0 Å².